The zero-order valence-electron chi connectivity index (χ0n) is 21.9. The second-order valence-electron chi connectivity index (χ2n) is 10.3. The third-order valence-electron chi connectivity index (χ3n) is 7.54. The van der Waals surface area contributed by atoms with Crippen LogP contribution in [0.2, 0.25) is 0 Å². The smallest absolute Gasteiger partial charge is 0.253 e. The van der Waals surface area contributed by atoms with E-state index in [4.69, 9.17) is 4.99 Å². The van der Waals surface area contributed by atoms with Crippen LogP contribution in [0, 0.1) is 19.8 Å². The number of aromatic nitrogens is 1. The Morgan fingerprint density at radius 1 is 1.13 bits per heavy atom. The number of hydrogen-bond acceptors (Lipinski definition) is 4. The van der Waals surface area contributed by atoms with Crippen molar-refractivity contribution in [3.63, 3.8) is 0 Å². The van der Waals surface area contributed by atoms with E-state index < -0.39 is 0 Å². The lowest BCUT2D eigenvalue weighted by Crippen LogP contribution is -2.34. The first-order valence-electron chi connectivity index (χ1n) is 13.1. The first-order valence-corrected chi connectivity index (χ1v) is 13.9. The van der Waals surface area contributed by atoms with Gasteiger partial charge < -0.3 is 10.3 Å². The molecule has 0 radical (unpaired) electrons. The van der Waals surface area contributed by atoms with E-state index in [9.17, 15) is 9.59 Å². The van der Waals surface area contributed by atoms with Crippen molar-refractivity contribution >= 4 is 34.1 Å². The van der Waals surface area contributed by atoms with E-state index >= 15 is 0 Å². The van der Waals surface area contributed by atoms with Crippen molar-refractivity contribution in [2.45, 2.75) is 39.8 Å². The number of halogens is 1. The molecule has 2 N–H and O–H groups in total. The van der Waals surface area contributed by atoms with Gasteiger partial charge in [-0.05, 0) is 86.2 Å². The van der Waals surface area contributed by atoms with Crippen molar-refractivity contribution in [2.24, 2.45) is 10.9 Å². The number of H-pyrrole nitrogens is 1. The lowest BCUT2D eigenvalue weighted by molar-refractivity contribution is 0.0950. The standard InChI is InChI=1S/C31H33BrN4O2/c1-20-12-21(2)35-31(38)28(20)18-34-30(37)27-15-26(32)14-24-13-25(16-33-17-29(24)27)23-8-10-36(11-9-23)19-22-6-4-3-5-7-22/h3-7,12-15,17,23H,8-11,16,18-19H2,1-2H3,(H,34,37)(H,35,38). The fourth-order valence-electron chi connectivity index (χ4n) is 5.49. The Morgan fingerprint density at radius 2 is 1.89 bits per heavy atom. The van der Waals surface area contributed by atoms with E-state index in [-0.39, 0.29) is 18.0 Å². The Kier molecular flexibility index (Phi) is 8.05. The average Bonchev–Trinajstić information content (AvgIpc) is 3.11. The van der Waals surface area contributed by atoms with Gasteiger partial charge in [0.1, 0.15) is 0 Å². The van der Waals surface area contributed by atoms with E-state index in [0.717, 1.165) is 59.3 Å². The Morgan fingerprint density at radius 3 is 2.63 bits per heavy atom. The number of aromatic amines is 1. The molecule has 1 aromatic heterocycles. The SMILES string of the molecule is Cc1cc(C)c(CNC(=O)c2cc(Br)cc3c2C=NCC(C2CCN(Cc4ccccc4)CC2)=C3)c(=O)[nH]1. The molecule has 2 aromatic carbocycles. The summed E-state index contributed by atoms with van der Waals surface area (Å²) >= 11 is 3.60. The van der Waals surface area contributed by atoms with Crippen molar-refractivity contribution in [2.75, 3.05) is 19.6 Å². The topological polar surface area (TPSA) is 77.6 Å². The first-order chi connectivity index (χ1) is 18.4. The van der Waals surface area contributed by atoms with Gasteiger partial charge in [-0.3, -0.25) is 19.5 Å². The summed E-state index contributed by atoms with van der Waals surface area (Å²) in [5.41, 5.74) is 7.12. The molecule has 1 saturated heterocycles. The van der Waals surface area contributed by atoms with Gasteiger partial charge >= 0.3 is 0 Å². The molecular weight excluding hydrogens is 540 g/mol. The Labute approximate surface area is 232 Å². The number of amides is 1. The number of hydrogen-bond donors (Lipinski definition) is 2. The van der Waals surface area contributed by atoms with E-state index in [1.807, 2.05) is 32.2 Å². The lowest BCUT2D eigenvalue weighted by atomic mass is 9.87. The quantitative estimate of drug-likeness (QED) is 0.414. The number of pyridine rings is 1. The van der Waals surface area contributed by atoms with Crippen LogP contribution in [0.5, 0.6) is 0 Å². The van der Waals surface area contributed by atoms with Gasteiger partial charge in [0.05, 0.1) is 6.54 Å². The van der Waals surface area contributed by atoms with Crippen molar-refractivity contribution in [3.8, 4) is 0 Å². The molecule has 3 heterocycles. The molecule has 1 amide bonds. The van der Waals surface area contributed by atoms with Gasteiger partial charge in [-0.1, -0.05) is 52.3 Å². The van der Waals surface area contributed by atoms with Crippen molar-refractivity contribution in [3.05, 3.63) is 108 Å². The zero-order valence-corrected chi connectivity index (χ0v) is 23.5. The maximum atomic E-state index is 13.3. The highest BCUT2D eigenvalue weighted by Gasteiger charge is 2.24. The van der Waals surface area contributed by atoms with E-state index in [2.05, 4.69) is 73.6 Å². The van der Waals surface area contributed by atoms with Crippen LogP contribution in [0.4, 0.5) is 0 Å². The van der Waals surface area contributed by atoms with Gasteiger partial charge in [0.25, 0.3) is 11.5 Å². The van der Waals surface area contributed by atoms with Gasteiger partial charge in [-0.15, -0.1) is 0 Å². The van der Waals surface area contributed by atoms with E-state index in [0.29, 0.717) is 23.6 Å². The summed E-state index contributed by atoms with van der Waals surface area (Å²) < 4.78 is 0.842. The largest absolute Gasteiger partial charge is 0.348 e. The van der Waals surface area contributed by atoms with E-state index in [1.165, 1.54) is 11.1 Å². The molecule has 7 heteroatoms. The van der Waals surface area contributed by atoms with Crippen LogP contribution in [0.15, 0.2) is 68.4 Å². The van der Waals surface area contributed by atoms with Crippen molar-refractivity contribution in [1.29, 1.82) is 0 Å². The highest BCUT2D eigenvalue weighted by molar-refractivity contribution is 9.10. The number of nitrogens with zero attached hydrogens (tertiary/aromatic N) is 2. The minimum atomic E-state index is -0.223. The molecule has 0 unspecified atom stereocenters. The van der Waals surface area contributed by atoms with Gasteiger partial charge in [0.15, 0.2) is 0 Å². The average molecular weight is 574 g/mol. The number of likely N-dealkylation sites (tertiary alicyclic amines) is 1. The van der Waals surface area contributed by atoms with Crippen LogP contribution in [0.1, 0.15) is 56.7 Å². The minimum Gasteiger partial charge on any atom is -0.348 e. The van der Waals surface area contributed by atoms with Crippen LogP contribution in [-0.2, 0) is 13.1 Å². The van der Waals surface area contributed by atoms with Gasteiger partial charge in [-0.2, -0.15) is 0 Å². The van der Waals surface area contributed by atoms with Crippen LogP contribution in [0.25, 0.3) is 6.08 Å². The molecule has 2 aliphatic heterocycles. The summed E-state index contributed by atoms with van der Waals surface area (Å²) in [6.45, 7) is 7.68. The highest BCUT2D eigenvalue weighted by atomic mass is 79.9. The number of nitrogens with one attached hydrogen (secondary N) is 2. The molecule has 0 saturated carbocycles. The number of aliphatic imine (C=N–C) groups is 1. The molecule has 0 spiro atoms. The lowest BCUT2D eigenvalue weighted by Gasteiger charge is -2.33. The van der Waals surface area contributed by atoms with Crippen LogP contribution in [0.3, 0.4) is 0 Å². The number of carbonyl (C=O) groups excluding carboxylic acids is 1. The summed E-state index contributed by atoms with van der Waals surface area (Å²) in [7, 11) is 0. The maximum absolute atomic E-state index is 13.3. The fraction of sp³-hybridized carbons (Fsp3) is 0.323. The second-order valence-corrected chi connectivity index (χ2v) is 11.2. The summed E-state index contributed by atoms with van der Waals surface area (Å²) in [6.07, 6.45) is 6.27. The van der Waals surface area contributed by atoms with Gasteiger partial charge in [0.2, 0.25) is 0 Å². The molecule has 3 aromatic rings. The fourth-order valence-corrected chi connectivity index (χ4v) is 5.97. The Balaban J connectivity index is 1.31. The molecule has 1 fully saturated rings. The molecule has 38 heavy (non-hydrogen) atoms. The summed E-state index contributed by atoms with van der Waals surface area (Å²) in [5.74, 6) is 0.261. The highest BCUT2D eigenvalue weighted by Crippen LogP contribution is 2.31. The van der Waals surface area contributed by atoms with Crippen LogP contribution < -0.4 is 10.9 Å². The number of fused-ring (bicyclic) bond motifs is 1. The monoisotopic (exact) mass is 572 g/mol. The summed E-state index contributed by atoms with van der Waals surface area (Å²) in [5, 5.41) is 2.95. The predicted octanol–water partition coefficient (Wildman–Crippen LogP) is 5.41. The molecule has 2 aliphatic rings. The number of carbonyl (C=O) groups is 1. The minimum absolute atomic E-state index is 0.167. The zero-order chi connectivity index (χ0) is 26.6. The summed E-state index contributed by atoms with van der Waals surface area (Å²) in [6, 6.07) is 16.4. The third kappa shape index (κ3) is 6.05. The van der Waals surface area contributed by atoms with Crippen molar-refractivity contribution < 1.29 is 4.79 Å². The molecule has 0 aliphatic carbocycles. The summed E-state index contributed by atoms with van der Waals surface area (Å²) in [4.78, 5) is 35.7. The molecular formula is C31H33BrN4O2. The number of piperidine rings is 1. The van der Waals surface area contributed by atoms with Gasteiger partial charge in [-0.25, -0.2) is 0 Å². The molecule has 5 rings (SSSR count). The van der Waals surface area contributed by atoms with Crippen LogP contribution in [-0.4, -0.2) is 41.6 Å². The van der Waals surface area contributed by atoms with Gasteiger partial charge in [0, 0.05) is 46.2 Å². The number of benzene rings is 2. The normalized spacial score (nSPS) is 16.0. The van der Waals surface area contributed by atoms with E-state index in [1.54, 1.807) is 0 Å². The van der Waals surface area contributed by atoms with Crippen molar-refractivity contribution in [1.82, 2.24) is 15.2 Å². The number of rotatable bonds is 6. The number of aryl methyl sites for hydroxylation is 2. The predicted molar refractivity (Wildman–Crippen MR) is 157 cm³/mol. The first kappa shape index (κ1) is 26.3. The third-order valence-corrected chi connectivity index (χ3v) is 7.99. The maximum Gasteiger partial charge on any atom is 0.253 e. The Hall–Kier alpha value is -3.29. The molecule has 0 bridgehead atoms. The molecule has 0 atom stereocenters. The Bertz CT molecular complexity index is 1450. The second kappa shape index (κ2) is 11.6. The van der Waals surface area contributed by atoms with Crippen LogP contribution >= 0.6 is 15.9 Å². The molecule has 6 nitrogen and oxygen atoms in total. The molecule has 196 valence electrons.